The molecular weight excluding hydrogens is 362 g/mol. The minimum absolute atomic E-state index is 0.239. The highest BCUT2D eigenvalue weighted by molar-refractivity contribution is 9.10. The van der Waals surface area contributed by atoms with Crippen molar-refractivity contribution in [3.05, 3.63) is 58.3 Å². The minimum Gasteiger partial charge on any atom is -0.448 e. The largest absolute Gasteiger partial charge is 0.448 e. The number of hydrogen-bond acceptors (Lipinski definition) is 4. The molecule has 1 aromatic carbocycles. The SMILES string of the molecule is O=C(Nc1cccc(CN2CCOC2=O)c1)c1cncc(Br)c1. The maximum absolute atomic E-state index is 12.2. The summed E-state index contributed by atoms with van der Waals surface area (Å²) < 4.78 is 5.65. The van der Waals surface area contributed by atoms with Crippen molar-refractivity contribution in [3.63, 3.8) is 0 Å². The number of nitrogens with one attached hydrogen (secondary N) is 1. The van der Waals surface area contributed by atoms with Gasteiger partial charge in [0.25, 0.3) is 5.91 Å². The van der Waals surface area contributed by atoms with Gasteiger partial charge in [-0.2, -0.15) is 0 Å². The number of amides is 2. The average Bonchev–Trinajstić information content (AvgIpc) is 2.93. The zero-order chi connectivity index (χ0) is 16.2. The van der Waals surface area contributed by atoms with Crippen molar-refractivity contribution in [1.82, 2.24) is 9.88 Å². The minimum atomic E-state index is -0.306. The van der Waals surface area contributed by atoms with Gasteiger partial charge in [-0.05, 0) is 39.7 Å². The van der Waals surface area contributed by atoms with E-state index in [4.69, 9.17) is 4.74 Å². The monoisotopic (exact) mass is 375 g/mol. The Balaban J connectivity index is 1.70. The molecule has 6 nitrogen and oxygen atoms in total. The van der Waals surface area contributed by atoms with Gasteiger partial charge in [-0.25, -0.2) is 4.79 Å². The Morgan fingerprint density at radius 2 is 2.22 bits per heavy atom. The average molecular weight is 376 g/mol. The molecule has 2 aromatic rings. The lowest BCUT2D eigenvalue weighted by Gasteiger charge is -2.13. The number of benzene rings is 1. The van der Waals surface area contributed by atoms with Gasteiger partial charge >= 0.3 is 6.09 Å². The van der Waals surface area contributed by atoms with Crippen LogP contribution in [0, 0.1) is 0 Å². The van der Waals surface area contributed by atoms with Crippen LogP contribution in [0.5, 0.6) is 0 Å². The number of halogens is 1. The smallest absolute Gasteiger partial charge is 0.410 e. The molecule has 1 aromatic heterocycles. The van der Waals surface area contributed by atoms with Crippen LogP contribution in [0.25, 0.3) is 0 Å². The van der Waals surface area contributed by atoms with Crippen LogP contribution in [0.4, 0.5) is 10.5 Å². The highest BCUT2D eigenvalue weighted by Crippen LogP contribution is 2.17. The van der Waals surface area contributed by atoms with Crippen molar-refractivity contribution in [3.8, 4) is 0 Å². The van der Waals surface area contributed by atoms with Crippen molar-refractivity contribution in [2.75, 3.05) is 18.5 Å². The molecular formula is C16H14BrN3O3. The highest BCUT2D eigenvalue weighted by Gasteiger charge is 2.21. The summed E-state index contributed by atoms with van der Waals surface area (Å²) in [4.78, 5) is 29.3. The van der Waals surface area contributed by atoms with Gasteiger partial charge in [-0.15, -0.1) is 0 Å². The first-order valence-corrected chi connectivity index (χ1v) is 7.84. The number of cyclic esters (lactones) is 1. The molecule has 0 radical (unpaired) electrons. The van der Waals surface area contributed by atoms with Crippen LogP contribution in [-0.4, -0.2) is 35.0 Å². The van der Waals surface area contributed by atoms with Gasteiger partial charge in [0.15, 0.2) is 0 Å². The van der Waals surface area contributed by atoms with E-state index in [2.05, 4.69) is 26.2 Å². The van der Waals surface area contributed by atoms with E-state index in [0.29, 0.717) is 30.9 Å². The molecule has 1 saturated heterocycles. The molecule has 7 heteroatoms. The summed E-state index contributed by atoms with van der Waals surface area (Å²) in [5, 5.41) is 2.83. The zero-order valence-corrected chi connectivity index (χ0v) is 13.7. The standard InChI is InChI=1S/C16H14BrN3O3/c17-13-7-12(8-18-9-13)15(21)19-14-3-1-2-11(6-14)10-20-4-5-23-16(20)22/h1-3,6-9H,4-5,10H2,(H,19,21). The van der Waals surface area contributed by atoms with Crippen LogP contribution in [0.15, 0.2) is 47.2 Å². The van der Waals surface area contributed by atoms with E-state index in [0.717, 1.165) is 10.0 Å². The molecule has 0 saturated carbocycles. The van der Waals surface area contributed by atoms with Crippen molar-refractivity contribution < 1.29 is 14.3 Å². The first-order chi connectivity index (χ1) is 11.1. The third kappa shape index (κ3) is 3.87. The number of aromatic nitrogens is 1. The summed E-state index contributed by atoms with van der Waals surface area (Å²) in [6.45, 7) is 1.46. The van der Waals surface area contributed by atoms with Crippen LogP contribution in [0.3, 0.4) is 0 Å². The molecule has 0 unspecified atom stereocenters. The normalized spacial score (nSPS) is 13.8. The summed E-state index contributed by atoms with van der Waals surface area (Å²) in [6.07, 6.45) is 2.82. The van der Waals surface area contributed by atoms with Gasteiger partial charge in [-0.1, -0.05) is 12.1 Å². The Bertz CT molecular complexity index is 751. The van der Waals surface area contributed by atoms with Crippen molar-refractivity contribution in [2.45, 2.75) is 6.54 Å². The molecule has 0 aliphatic carbocycles. The van der Waals surface area contributed by atoms with Crippen LogP contribution in [0.2, 0.25) is 0 Å². The van der Waals surface area contributed by atoms with E-state index in [-0.39, 0.29) is 12.0 Å². The molecule has 0 atom stereocenters. The summed E-state index contributed by atoms with van der Waals surface area (Å²) in [5.41, 5.74) is 2.06. The number of ether oxygens (including phenoxy) is 1. The fraction of sp³-hybridized carbons (Fsp3) is 0.188. The van der Waals surface area contributed by atoms with Gasteiger partial charge in [0.1, 0.15) is 6.61 Å². The molecule has 3 rings (SSSR count). The second kappa shape index (κ2) is 6.78. The number of anilines is 1. The first kappa shape index (κ1) is 15.5. The fourth-order valence-electron chi connectivity index (χ4n) is 2.28. The van der Waals surface area contributed by atoms with Gasteiger partial charge < -0.3 is 15.0 Å². The Hall–Kier alpha value is -2.41. The summed E-state index contributed by atoms with van der Waals surface area (Å²) in [6, 6.07) is 9.09. The van der Waals surface area contributed by atoms with E-state index in [1.165, 1.54) is 6.20 Å². The Morgan fingerprint density at radius 1 is 1.35 bits per heavy atom. The number of carbonyl (C=O) groups is 2. The Morgan fingerprint density at radius 3 is 2.96 bits per heavy atom. The molecule has 1 fully saturated rings. The van der Waals surface area contributed by atoms with Gasteiger partial charge in [0, 0.05) is 29.1 Å². The van der Waals surface area contributed by atoms with Gasteiger partial charge in [0.05, 0.1) is 12.1 Å². The summed E-state index contributed by atoms with van der Waals surface area (Å²) in [7, 11) is 0. The molecule has 1 aliphatic rings. The van der Waals surface area contributed by atoms with E-state index in [1.54, 1.807) is 23.2 Å². The van der Waals surface area contributed by atoms with E-state index in [1.807, 2.05) is 18.2 Å². The molecule has 2 heterocycles. The maximum atomic E-state index is 12.2. The predicted molar refractivity (Wildman–Crippen MR) is 88.1 cm³/mol. The lowest BCUT2D eigenvalue weighted by atomic mass is 10.2. The molecule has 118 valence electrons. The topological polar surface area (TPSA) is 71.5 Å². The molecule has 1 aliphatic heterocycles. The molecule has 23 heavy (non-hydrogen) atoms. The highest BCUT2D eigenvalue weighted by atomic mass is 79.9. The third-order valence-electron chi connectivity index (χ3n) is 3.37. The van der Waals surface area contributed by atoms with E-state index < -0.39 is 0 Å². The van der Waals surface area contributed by atoms with E-state index in [9.17, 15) is 9.59 Å². The molecule has 0 bridgehead atoms. The lowest BCUT2D eigenvalue weighted by molar-refractivity contribution is 0.102. The molecule has 2 amide bonds. The van der Waals surface area contributed by atoms with Crippen LogP contribution in [-0.2, 0) is 11.3 Å². The van der Waals surface area contributed by atoms with Gasteiger partial charge in [-0.3, -0.25) is 9.78 Å². The number of rotatable bonds is 4. The number of carbonyl (C=O) groups excluding carboxylic acids is 2. The Kier molecular flexibility index (Phi) is 4.57. The van der Waals surface area contributed by atoms with Crippen LogP contribution < -0.4 is 5.32 Å². The molecule has 1 N–H and O–H groups in total. The van der Waals surface area contributed by atoms with Crippen molar-refractivity contribution in [2.24, 2.45) is 0 Å². The van der Waals surface area contributed by atoms with Crippen molar-refractivity contribution >= 4 is 33.6 Å². The van der Waals surface area contributed by atoms with Crippen LogP contribution in [0.1, 0.15) is 15.9 Å². The summed E-state index contributed by atoms with van der Waals surface area (Å²) in [5.74, 6) is -0.239. The lowest BCUT2D eigenvalue weighted by Crippen LogP contribution is -2.23. The fourth-order valence-corrected chi connectivity index (χ4v) is 2.64. The zero-order valence-electron chi connectivity index (χ0n) is 12.2. The second-order valence-corrected chi connectivity index (χ2v) is 6.00. The van der Waals surface area contributed by atoms with Crippen LogP contribution >= 0.6 is 15.9 Å². The Labute approximate surface area is 141 Å². The van der Waals surface area contributed by atoms with Gasteiger partial charge in [0.2, 0.25) is 0 Å². The number of hydrogen-bond donors (Lipinski definition) is 1. The van der Waals surface area contributed by atoms with E-state index >= 15 is 0 Å². The first-order valence-electron chi connectivity index (χ1n) is 7.04. The number of nitrogens with zero attached hydrogens (tertiary/aromatic N) is 2. The number of pyridine rings is 1. The molecule has 0 spiro atoms. The predicted octanol–water partition coefficient (Wildman–Crippen LogP) is 3.05. The van der Waals surface area contributed by atoms with Crippen molar-refractivity contribution in [1.29, 1.82) is 0 Å². The third-order valence-corrected chi connectivity index (χ3v) is 3.80. The summed E-state index contributed by atoms with van der Waals surface area (Å²) >= 11 is 3.29. The quantitative estimate of drug-likeness (QED) is 0.891. The second-order valence-electron chi connectivity index (χ2n) is 5.08. The maximum Gasteiger partial charge on any atom is 0.410 e.